The van der Waals surface area contributed by atoms with Gasteiger partial charge in [0.05, 0.1) is 6.61 Å². The molecule has 0 aliphatic heterocycles. The van der Waals surface area contributed by atoms with Gasteiger partial charge in [0, 0.05) is 20.0 Å². The molecule has 0 aromatic rings. The zero-order chi connectivity index (χ0) is 41.1. The monoisotopic (exact) mass is 801 g/mol. The number of phosphoric ester groups is 1. The molecular weight excluding hydrogens is 723 g/mol. The summed E-state index contributed by atoms with van der Waals surface area (Å²) in [6, 6.07) is 0. The van der Waals surface area contributed by atoms with Crippen LogP contribution in [0, 0.1) is 0 Å². The van der Waals surface area contributed by atoms with Crippen molar-refractivity contribution >= 4 is 19.8 Å². The second-order valence-corrected chi connectivity index (χ2v) is 15.3. The zero-order valence-corrected chi connectivity index (χ0v) is 36.1. The first-order valence-electron chi connectivity index (χ1n) is 21.4. The highest BCUT2D eigenvalue weighted by Crippen LogP contribution is 2.42. The van der Waals surface area contributed by atoms with Gasteiger partial charge in [-0.15, -0.1) is 0 Å². The number of allylic oxidation sites excluding steroid dienone is 16. The van der Waals surface area contributed by atoms with Crippen molar-refractivity contribution in [2.75, 3.05) is 20.3 Å². The summed E-state index contributed by atoms with van der Waals surface area (Å²) in [6.45, 7) is 3.68. The van der Waals surface area contributed by atoms with Gasteiger partial charge < -0.3 is 14.4 Å². The molecule has 2 atom stereocenters. The van der Waals surface area contributed by atoms with E-state index >= 15 is 0 Å². The first-order chi connectivity index (χ1) is 27.3. The Morgan fingerprint density at radius 3 is 1.43 bits per heavy atom. The molecule has 0 heterocycles. The third kappa shape index (κ3) is 40.6. The molecule has 0 spiro atoms. The van der Waals surface area contributed by atoms with Gasteiger partial charge in [0.2, 0.25) is 0 Å². The van der Waals surface area contributed by atoms with E-state index in [0.717, 1.165) is 84.2 Å². The molecule has 318 valence electrons. The molecule has 0 rings (SSSR count). The molecule has 0 aliphatic carbocycles. The van der Waals surface area contributed by atoms with Crippen molar-refractivity contribution in [2.45, 2.75) is 168 Å². The van der Waals surface area contributed by atoms with Crippen LogP contribution in [0.2, 0.25) is 0 Å². The maximum atomic E-state index is 12.5. The Hall–Kier alpha value is -3.03. The summed E-state index contributed by atoms with van der Waals surface area (Å²) in [7, 11) is -3.25. The number of carbonyl (C=O) groups is 2. The van der Waals surface area contributed by atoms with E-state index in [1.807, 2.05) is 12.2 Å². The van der Waals surface area contributed by atoms with Crippen LogP contribution in [0.4, 0.5) is 0 Å². The number of ether oxygens (including phenoxy) is 2. The van der Waals surface area contributed by atoms with Crippen molar-refractivity contribution in [3.05, 3.63) is 97.2 Å². The third-order valence-corrected chi connectivity index (χ3v) is 9.51. The van der Waals surface area contributed by atoms with Crippen molar-refractivity contribution in [1.82, 2.24) is 0 Å². The van der Waals surface area contributed by atoms with E-state index < -0.39 is 32.5 Å². The van der Waals surface area contributed by atoms with E-state index in [2.05, 4.69) is 103 Å². The fourth-order valence-electron chi connectivity index (χ4n) is 5.30. The predicted octanol–water partition coefficient (Wildman–Crippen LogP) is 13.7. The first kappa shape index (κ1) is 53.0. The SMILES string of the molecule is CC/C=C\C/C=C\C/C=C\C/C=C\C/C=C\C/C=C\CCC(=O)OC(COC(=O)CCCCCCCCC/C=C\C/C=C\CCCCCC)COP(=O)(O)OC. The molecule has 0 aromatic carbocycles. The lowest BCUT2D eigenvalue weighted by molar-refractivity contribution is -0.161. The molecule has 9 heteroatoms. The number of rotatable bonds is 38. The van der Waals surface area contributed by atoms with E-state index in [-0.39, 0.29) is 19.4 Å². The van der Waals surface area contributed by atoms with Crippen LogP contribution in [0.25, 0.3) is 0 Å². The molecule has 0 saturated carbocycles. The second-order valence-electron chi connectivity index (χ2n) is 13.7. The molecule has 0 bridgehead atoms. The number of unbranched alkanes of at least 4 members (excludes halogenated alkanes) is 11. The van der Waals surface area contributed by atoms with Crippen LogP contribution in [0.5, 0.6) is 0 Å². The molecule has 1 N–H and O–H groups in total. The maximum Gasteiger partial charge on any atom is 0.472 e. The summed E-state index contributed by atoms with van der Waals surface area (Å²) in [5.41, 5.74) is 0. The minimum absolute atomic E-state index is 0.112. The first-order valence-corrected chi connectivity index (χ1v) is 22.9. The Kier molecular flexibility index (Phi) is 39.3. The number of hydrogen-bond acceptors (Lipinski definition) is 7. The van der Waals surface area contributed by atoms with Gasteiger partial charge in [0.25, 0.3) is 0 Å². The topological polar surface area (TPSA) is 108 Å². The van der Waals surface area contributed by atoms with Gasteiger partial charge in [0.15, 0.2) is 6.10 Å². The van der Waals surface area contributed by atoms with Crippen LogP contribution in [0.3, 0.4) is 0 Å². The fraction of sp³-hybridized carbons (Fsp3) is 0.617. The van der Waals surface area contributed by atoms with Gasteiger partial charge in [-0.1, -0.05) is 162 Å². The van der Waals surface area contributed by atoms with Crippen LogP contribution in [-0.4, -0.2) is 43.3 Å². The van der Waals surface area contributed by atoms with Crippen molar-refractivity contribution in [3.63, 3.8) is 0 Å². The van der Waals surface area contributed by atoms with Gasteiger partial charge in [-0.05, 0) is 83.5 Å². The molecule has 0 aliphatic rings. The van der Waals surface area contributed by atoms with Crippen molar-refractivity contribution in [2.24, 2.45) is 0 Å². The Morgan fingerprint density at radius 2 is 0.946 bits per heavy atom. The van der Waals surface area contributed by atoms with Gasteiger partial charge in [-0.25, -0.2) is 4.57 Å². The van der Waals surface area contributed by atoms with E-state index in [1.54, 1.807) is 0 Å². The van der Waals surface area contributed by atoms with E-state index in [0.29, 0.717) is 6.42 Å². The molecular formula is C47H77O8P. The number of esters is 2. The molecule has 0 saturated heterocycles. The second kappa shape index (κ2) is 41.6. The number of phosphoric acid groups is 1. The summed E-state index contributed by atoms with van der Waals surface area (Å²) in [5.74, 6) is -0.919. The van der Waals surface area contributed by atoms with Gasteiger partial charge in [-0.3, -0.25) is 18.6 Å². The molecule has 0 radical (unpaired) electrons. The van der Waals surface area contributed by atoms with E-state index in [9.17, 15) is 19.0 Å². The van der Waals surface area contributed by atoms with Crippen molar-refractivity contribution < 1.29 is 37.6 Å². The Labute approximate surface area is 341 Å². The minimum atomic E-state index is -4.29. The molecule has 0 fully saturated rings. The number of hydrogen-bond donors (Lipinski definition) is 1. The van der Waals surface area contributed by atoms with Crippen LogP contribution in [0.1, 0.15) is 162 Å². The third-order valence-electron chi connectivity index (χ3n) is 8.58. The summed E-state index contributed by atoms with van der Waals surface area (Å²) in [4.78, 5) is 34.4. The highest BCUT2D eigenvalue weighted by Gasteiger charge is 2.24. The molecule has 8 nitrogen and oxygen atoms in total. The molecule has 0 aromatic heterocycles. The quantitative estimate of drug-likeness (QED) is 0.0285. The van der Waals surface area contributed by atoms with Gasteiger partial charge in [0.1, 0.15) is 6.61 Å². The van der Waals surface area contributed by atoms with Gasteiger partial charge >= 0.3 is 19.8 Å². The standard InChI is InChI=1S/C47H77O8P/c1-4-6-8-10-12-14-16-18-20-22-24-26-28-30-32-34-36-38-40-42-47(49)55-45(44-54-56(50,51)52-3)43-53-46(48)41-39-37-35-33-31-29-27-25-23-21-19-17-15-13-11-9-7-5-2/h6,8,12,14-15,17-18,20-21,23-24,26,30,32,36,38,45H,4-5,7,9-11,13,16,19,22,25,27-29,31,33-35,37,39-44H2,1-3H3,(H,50,51)/b8-6-,14-12-,17-15-,20-18-,23-21-,26-24-,32-30-,38-36-. The average molecular weight is 801 g/mol. The molecule has 0 amide bonds. The van der Waals surface area contributed by atoms with Crippen molar-refractivity contribution in [3.8, 4) is 0 Å². The van der Waals surface area contributed by atoms with E-state index in [4.69, 9.17) is 14.0 Å². The lowest BCUT2D eigenvalue weighted by Gasteiger charge is -2.19. The fourth-order valence-corrected chi connectivity index (χ4v) is 5.76. The highest BCUT2D eigenvalue weighted by molar-refractivity contribution is 7.47. The maximum absolute atomic E-state index is 12.5. The molecule has 56 heavy (non-hydrogen) atoms. The van der Waals surface area contributed by atoms with Crippen LogP contribution in [0.15, 0.2) is 97.2 Å². The lowest BCUT2D eigenvalue weighted by Crippen LogP contribution is -2.29. The lowest BCUT2D eigenvalue weighted by atomic mass is 10.1. The van der Waals surface area contributed by atoms with E-state index in [1.165, 1.54) is 51.4 Å². The summed E-state index contributed by atoms with van der Waals surface area (Å²) >= 11 is 0. The smallest absolute Gasteiger partial charge is 0.462 e. The largest absolute Gasteiger partial charge is 0.472 e. The number of carbonyl (C=O) groups excluding carboxylic acids is 2. The normalized spacial score (nSPS) is 14.3. The Morgan fingerprint density at radius 1 is 0.518 bits per heavy atom. The Balaban J connectivity index is 4.16. The summed E-state index contributed by atoms with van der Waals surface area (Å²) < 4.78 is 31.9. The van der Waals surface area contributed by atoms with Crippen molar-refractivity contribution in [1.29, 1.82) is 0 Å². The van der Waals surface area contributed by atoms with Gasteiger partial charge in [-0.2, -0.15) is 0 Å². The van der Waals surface area contributed by atoms with Crippen LogP contribution >= 0.6 is 7.82 Å². The zero-order valence-electron chi connectivity index (χ0n) is 35.2. The Bertz CT molecular complexity index is 1230. The van der Waals surface area contributed by atoms with Crippen LogP contribution < -0.4 is 0 Å². The van der Waals surface area contributed by atoms with Crippen LogP contribution in [-0.2, 0) is 32.7 Å². The summed E-state index contributed by atoms with van der Waals surface area (Å²) in [6.07, 6.45) is 56.1. The molecule has 2 unspecified atom stereocenters. The predicted molar refractivity (Wildman–Crippen MR) is 234 cm³/mol. The highest BCUT2D eigenvalue weighted by atomic mass is 31.2. The summed E-state index contributed by atoms with van der Waals surface area (Å²) in [5, 5.41) is 0. The minimum Gasteiger partial charge on any atom is -0.462 e. The average Bonchev–Trinajstić information content (AvgIpc) is 3.19.